The van der Waals surface area contributed by atoms with Crippen LogP contribution in [0.5, 0.6) is 5.75 Å². The highest BCUT2D eigenvalue weighted by Gasteiger charge is 2.31. The van der Waals surface area contributed by atoms with Gasteiger partial charge in [0.05, 0.1) is 0 Å². The summed E-state index contributed by atoms with van der Waals surface area (Å²) >= 11 is 0. The molecule has 0 aliphatic carbocycles. The summed E-state index contributed by atoms with van der Waals surface area (Å²) in [5, 5.41) is 6.03. The van der Waals surface area contributed by atoms with Crippen molar-refractivity contribution in [2.45, 2.75) is 38.6 Å². The molecule has 148 valence electrons. The van der Waals surface area contributed by atoms with Crippen LogP contribution in [-0.2, 0) is 6.42 Å². The number of alkyl halides is 3. The molecular weight excluding hydrogens is 363 g/mol. The van der Waals surface area contributed by atoms with Crippen molar-refractivity contribution < 1.29 is 17.9 Å². The van der Waals surface area contributed by atoms with Gasteiger partial charge in [-0.25, -0.2) is 0 Å². The topological polar surface area (TPSA) is 21.3 Å². The van der Waals surface area contributed by atoms with E-state index < -0.39 is 6.36 Å². The highest BCUT2D eigenvalue weighted by atomic mass is 19.4. The molecule has 2 nitrogen and oxygen atoms in total. The summed E-state index contributed by atoms with van der Waals surface area (Å²) in [6, 6.07) is 21.1. The van der Waals surface area contributed by atoms with Crippen molar-refractivity contribution in [1.82, 2.24) is 5.32 Å². The molecule has 3 rings (SSSR count). The Morgan fingerprint density at radius 2 is 1.68 bits per heavy atom. The summed E-state index contributed by atoms with van der Waals surface area (Å²) < 4.78 is 40.9. The van der Waals surface area contributed by atoms with Gasteiger partial charge in [0, 0.05) is 6.04 Å². The first-order valence-electron chi connectivity index (χ1n) is 9.48. The normalized spacial score (nSPS) is 12.9. The van der Waals surface area contributed by atoms with Gasteiger partial charge in [-0.2, -0.15) is 0 Å². The predicted octanol–water partition coefficient (Wildman–Crippen LogP) is 6.41. The Labute approximate surface area is 163 Å². The molecule has 0 amide bonds. The number of fused-ring (bicyclic) bond motifs is 1. The third-order valence-electron chi connectivity index (χ3n) is 4.76. The van der Waals surface area contributed by atoms with Crippen LogP contribution in [-0.4, -0.2) is 12.9 Å². The van der Waals surface area contributed by atoms with Crippen LogP contribution in [0, 0.1) is 0 Å². The number of nitrogens with one attached hydrogen (secondary N) is 1. The molecule has 0 radical (unpaired) electrons. The second-order valence-corrected chi connectivity index (χ2v) is 6.90. The fourth-order valence-corrected chi connectivity index (χ4v) is 3.41. The van der Waals surface area contributed by atoms with E-state index in [1.807, 2.05) is 12.1 Å². The minimum atomic E-state index is -4.65. The zero-order valence-corrected chi connectivity index (χ0v) is 15.8. The van der Waals surface area contributed by atoms with Crippen molar-refractivity contribution in [3.05, 3.63) is 77.9 Å². The Morgan fingerprint density at radius 1 is 0.929 bits per heavy atom. The first-order valence-corrected chi connectivity index (χ1v) is 9.48. The Morgan fingerprint density at radius 3 is 2.50 bits per heavy atom. The average Bonchev–Trinajstić information content (AvgIpc) is 2.66. The summed E-state index contributed by atoms with van der Waals surface area (Å²) in [6.07, 6.45) is -2.09. The van der Waals surface area contributed by atoms with Crippen molar-refractivity contribution in [3.63, 3.8) is 0 Å². The van der Waals surface area contributed by atoms with Crippen LogP contribution in [0.3, 0.4) is 0 Å². The molecule has 0 aromatic heterocycles. The highest BCUT2D eigenvalue weighted by Crippen LogP contribution is 2.25. The van der Waals surface area contributed by atoms with E-state index >= 15 is 0 Å². The van der Waals surface area contributed by atoms with Crippen molar-refractivity contribution in [3.8, 4) is 5.75 Å². The van der Waals surface area contributed by atoms with E-state index in [9.17, 15) is 13.2 Å². The van der Waals surface area contributed by atoms with Crippen LogP contribution in [0.1, 0.15) is 36.9 Å². The lowest BCUT2D eigenvalue weighted by Gasteiger charge is -2.16. The Kier molecular flexibility index (Phi) is 6.57. The molecular formula is C23H24F3NO. The molecule has 1 atom stereocenters. The number of unbranched alkanes of at least 4 members (excludes halogenated alkanes) is 1. The number of hydrogen-bond acceptors (Lipinski definition) is 2. The van der Waals surface area contributed by atoms with Gasteiger partial charge in [-0.05, 0) is 66.8 Å². The second kappa shape index (κ2) is 9.11. The van der Waals surface area contributed by atoms with E-state index in [1.165, 1.54) is 28.5 Å². The summed E-state index contributed by atoms with van der Waals surface area (Å²) in [4.78, 5) is 0. The molecule has 28 heavy (non-hydrogen) atoms. The molecule has 0 saturated heterocycles. The molecule has 1 N–H and O–H groups in total. The molecule has 0 spiro atoms. The van der Waals surface area contributed by atoms with Gasteiger partial charge in [-0.1, -0.05) is 54.6 Å². The molecule has 0 bridgehead atoms. The fourth-order valence-electron chi connectivity index (χ4n) is 3.41. The lowest BCUT2D eigenvalue weighted by atomic mass is 9.99. The van der Waals surface area contributed by atoms with E-state index in [0.717, 1.165) is 31.4 Å². The minimum Gasteiger partial charge on any atom is -0.406 e. The van der Waals surface area contributed by atoms with Crippen molar-refractivity contribution in [2.75, 3.05) is 6.54 Å². The molecule has 3 aromatic rings. The highest BCUT2D eigenvalue weighted by molar-refractivity contribution is 5.86. The van der Waals surface area contributed by atoms with Crippen LogP contribution >= 0.6 is 0 Å². The fraction of sp³-hybridized carbons (Fsp3) is 0.304. The molecule has 0 unspecified atom stereocenters. The van der Waals surface area contributed by atoms with Gasteiger partial charge < -0.3 is 10.1 Å². The summed E-state index contributed by atoms with van der Waals surface area (Å²) in [7, 11) is 0. The minimum absolute atomic E-state index is 0.160. The number of halogens is 3. The van der Waals surface area contributed by atoms with Crippen LogP contribution in [0.2, 0.25) is 0 Å². The summed E-state index contributed by atoms with van der Waals surface area (Å²) in [5.41, 5.74) is 2.12. The number of ether oxygens (including phenoxy) is 1. The third-order valence-corrected chi connectivity index (χ3v) is 4.76. The van der Waals surface area contributed by atoms with Gasteiger partial charge in [0.1, 0.15) is 5.75 Å². The quantitative estimate of drug-likeness (QED) is 0.451. The van der Waals surface area contributed by atoms with Crippen molar-refractivity contribution in [2.24, 2.45) is 0 Å². The van der Waals surface area contributed by atoms with E-state index in [1.54, 1.807) is 6.07 Å². The lowest BCUT2D eigenvalue weighted by molar-refractivity contribution is -0.274. The maximum Gasteiger partial charge on any atom is 0.573 e. The maximum atomic E-state index is 12.3. The molecule has 0 fully saturated rings. The summed E-state index contributed by atoms with van der Waals surface area (Å²) in [5.74, 6) is -0.160. The Bertz CT molecular complexity index is 902. The van der Waals surface area contributed by atoms with E-state index in [2.05, 4.69) is 53.4 Å². The third kappa shape index (κ3) is 5.73. The monoisotopic (exact) mass is 387 g/mol. The number of hydrogen-bond donors (Lipinski definition) is 1. The van der Waals surface area contributed by atoms with Crippen LogP contribution in [0.25, 0.3) is 10.8 Å². The SMILES string of the molecule is C[C@@H](NCCCCc1cccc(OC(F)(F)F)c1)c1cccc2ccccc12. The standard InChI is InChI=1S/C23H24F3NO/c1-17(21-14-7-11-19-10-2-3-13-22(19)21)27-15-5-4-8-18-9-6-12-20(16-18)28-23(24,25)26/h2-3,6-7,9-14,16-17,27H,4-5,8,15H2,1H3/t17-/m1/s1. The molecule has 5 heteroatoms. The van der Waals surface area contributed by atoms with Gasteiger partial charge in [-0.3, -0.25) is 0 Å². The van der Waals surface area contributed by atoms with Crippen LogP contribution in [0.15, 0.2) is 66.7 Å². The van der Waals surface area contributed by atoms with E-state index in [4.69, 9.17) is 0 Å². The van der Waals surface area contributed by atoms with E-state index in [0.29, 0.717) is 0 Å². The molecule has 3 aromatic carbocycles. The largest absolute Gasteiger partial charge is 0.573 e. The summed E-state index contributed by atoms with van der Waals surface area (Å²) in [6.45, 7) is 3.00. The molecule has 0 aliphatic heterocycles. The van der Waals surface area contributed by atoms with E-state index in [-0.39, 0.29) is 11.8 Å². The first-order chi connectivity index (χ1) is 13.4. The number of aryl methyl sites for hydroxylation is 1. The average molecular weight is 387 g/mol. The van der Waals surface area contributed by atoms with Crippen LogP contribution < -0.4 is 10.1 Å². The number of benzene rings is 3. The first kappa shape index (κ1) is 20.2. The number of rotatable bonds is 8. The molecule has 0 heterocycles. The molecule has 0 aliphatic rings. The second-order valence-electron chi connectivity index (χ2n) is 6.90. The zero-order valence-electron chi connectivity index (χ0n) is 15.8. The molecule has 0 saturated carbocycles. The van der Waals surface area contributed by atoms with Gasteiger partial charge in [-0.15, -0.1) is 13.2 Å². The van der Waals surface area contributed by atoms with Gasteiger partial charge in [0.15, 0.2) is 0 Å². The lowest BCUT2D eigenvalue weighted by Crippen LogP contribution is -2.20. The zero-order chi connectivity index (χ0) is 20.0. The Balaban J connectivity index is 1.46. The van der Waals surface area contributed by atoms with Gasteiger partial charge in [0.2, 0.25) is 0 Å². The van der Waals surface area contributed by atoms with Crippen LogP contribution in [0.4, 0.5) is 13.2 Å². The van der Waals surface area contributed by atoms with Gasteiger partial charge >= 0.3 is 6.36 Å². The van der Waals surface area contributed by atoms with Crippen molar-refractivity contribution >= 4 is 10.8 Å². The van der Waals surface area contributed by atoms with Gasteiger partial charge in [0.25, 0.3) is 0 Å². The Hall–Kier alpha value is -2.53. The maximum absolute atomic E-state index is 12.3. The van der Waals surface area contributed by atoms with Crippen molar-refractivity contribution in [1.29, 1.82) is 0 Å². The smallest absolute Gasteiger partial charge is 0.406 e. The predicted molar refractivity (Wildman–Crippen MR) is 106 cm³/mol.